The van der Waals surface area contributed by atoms with Gasteiger partial charge in [-0.15, -0.1) is 0 Å². The van der Waals surface area contributed by atoms with Crippen molar-refractivity contribution in [2.24, 2.45) is 0 Å². The standard InChI is InChI=1S/C22H28N4O3/c1-5-26-16(4)19(15(3)24-26)21(28)25-10-8-22(9-11-25)13-23-20(27)17-12-14(2)6-7-18(17)29-22/h6-7,12H,5,8-11,13H2,1-4H3,(H,23,27). The fourth-order valence-corrected chi connectivity index (χ4v) is 4.38. The SMILES string of the molecule is CCn1nc(C)c(C(=O)N2CCC3(CC2)CNC(=O)c2cc(C)ccc2O3)c1C. The number of piperidine rings is 1. The van der Waals surface area contributed by atoms with E-state index in [2.05, 4.69) is 10.4 Å². The van der Waals surface area contributed by atoms with E-state index in [4.69, 9.17) is 4.74 Å². The Hall–Kier alpha value is -2.83. The molecule has 0 atom stereocenters. The molecule has 3 heterocycles. The van der Waals surface area contributed by atoms with Crippen LogP contribution in [0, 0.1) is 20.8 Å². The van der Waals surface area contributed by atoms with Gasteiger partial charge in [0.1, 0.15) is 11.4 Å². The number of nitrogens with zero attached hydrogens (tertiary/aromatic N) is 3. The van der Waals surface area contributed by atoms with E-state index in [-0.39, 0.29) is 11.8 Å². The minimum Gasteiger partial charge on any atom is -0.484 e. The van der Waals surface area contributed by atoms with Crippen molar-refractivity contribution in [1.29, 1.82) is 0 Å². The highest BCUT2D eigenvalue weighted by Crippen LogP contribution is 2.34. The number of carbonyl (C=O) groups excluding carboxylic acids is 2. The first-order chi connectivity index (χ1) is 13.8. The lowest BCUT2D eigenvalue weighted by atomic mass is 9.90. The number of aryl methyl sites for hydroxylation is 3. The van der Waals surface area contributed by atoms with Crippen LogP contribution in [-0.2, 0) is 6.54 Å². The summed E-state index contributed by atoms with van der Waals surface area (Å²) in [5.41, 5.74) is 3.52. The van der Waals surface area contributed by atoms with Crippen molar-refractivity contribution in [3.63, 3.8) is 0 Å². The van der Waals surface area contributed by atoms with Crippen molar-refractivity contribution >= 4 is 11.8 Å². The van der Waals surface area contributed by atoms with Crippen molar-refractivity contribution in [2.45, 2.75) is 52.7 Å². The molecule has 7 heteroatoms. The summed E-state index contributed by atoms with van der Waals surface area (Å²) in [6, 6.07) is 5.70. The topological polar surface area (TPSA) is 76.5 Å². The third-order valence-corrected chi connectivity index (χ3v) is 6.13. The van der Waals surface area contributed by atoms with Gasteiger partial charge in [-0.3, -0.25) is 14.3 Å². The zero-order valence-corrected chi connectivity index (χ0v) is 17.5. The molecule has 2 aliphatic heterocycles. The Morgan fingerprint density at radius 2 is 1.97 bits per heavy atom. The van der Waals surface area contributed by atoms with E-state index in [1.54, 1.807) is 0 Å². The van der Waals surface area contributed by atoms with Crippen LogP contribution in [0.4, 0.5) is 0 Å². The summed E-state index contributed by atoms with van der Waals surface area (Å²) in [6.07, 6.45) is 1.35. The molecule has 7 nitrogen and oxygen atoms in total. The number of hydrogen-bond donors (Lipinski definition) is 1. The van der Waals surface area contributed by atoms with E-state index in [0.29, 0.717) is 49.4 Å². The lowest BCUT2D eigenvalue weighted by molar-refractivity contribution is 0.00766. The van der Waals surface area contributed by atoms with Crippen molar-refractivity contribution in [3.05, 3.63) is 46.3 Å². The molecule has 2 aliphatic rings. The second-order valence-electron chi connectivity index (χ2n) is 8.12. The average Bonchev–Trinajstić information content (AvgIpc) is 2.93. The predicted molar refractivity (Wildman–Crippen MR) is 109 cm³/mol. The van der Waals surface area contributed by atoms with Gasteiger partial charge in [-0.05, 0) is 39.8 Å². The maximum atomic E-state index is 13.2. The number of carbonyl (C=O) groups is 2. The van der Waals surface area contributed by atoms with Gasteiger partial charge in [0.15, 0.2) is 0 Å². The van der Waals surface area contributed by atoms with E-state index >= 15 is 0 Å². The van der Waals surface area contributed by atoms with Gasteiger partial charge in [0.25, 0.3) is 11.8 Å². The molecule has 2 amide bonds. The molecule has 1 spiro atoms. The first kappa shape index (κ1) is 19.5. The van der Waals surface area contributed by atoms with Crippen LogP contribution in [0.3, 0.4) is 0 Å². The molecular weight excluding hydrogens is 368 g/mol. The van der Waals surface area contributed by atoms with Gasteiger partial charge in [0.2, 0.25) is 0 Å². The third kappa shape index (κ3) is 3.39. The van der Waals surface area contributed by atoms with E-state index in [1.807, 2.05) is 55.5 Å². The number of hydrogen-bond acceptors (Lipinski definition) is 4. The van der Waals surface area contributed by atoms with E-state index in [1.165, 1.54) is 0 Å². The molecular formula is C22H28N4O3. The molecule has 0 bridgehead atoms. The summed E-state index contributed by atoms with van der Waals surface area (Å²) < 4.78 is 8.25. The summed E-state index contributed by atoms with van der Waals surface area (Å²) >= 11 is 0. The first-order valence-corrected chi connectivity index (χ1v) is 10.2. The lowest BCUT2D eigenvalue weighted by Gasteiger charge is -2.41. The Morgan fingerprint density at radius 1 is 1.24 bits per heavy atom. The fourth-order valence-electron chi connectivity index (χ4n) is 4.38. The number of fused-ring (bicyclic) bond motifs is 1. The Morgan fingerprint density at radius 3 is 2.62 bits per heavy atom. The van der Waals surface area contributed by atoms with Crippen molar-refractivity contribution < 1.29 is 14.3 Å². The van der Waals surface area contributed by atoms with Gasteiger partial charge in [-0.25, -0.2) is 0 Å². The monoisotopic (exact) mass is 396 g/mol. The Bertz CT molecular complexity index is 971. The van der Waals surface area contributed by atoms with Crippen LogP contribution in [0.5, 0.6) is 5.75 Å². The predicted octanol–water partition coefficient (Wildman–Crippen LogP) is 2.63. The number of rotatable bonds is 2. The molecule has 0 unspecified atom stereocenters. The number of aromatic nitrogens is 2. The highest BCUT2D eigenvalue weighted by atomic mass is 16.5. The largest absolute Gasteiger partial charge is 0.484 e. The van der Waals surface area contributed by atoms with Crippen molar-refractivity contribution in [3.8, 4) is 5.75 Å². The second kappa shape index (κ2) is 7.21. The maximum absolute atomic E-state index is 13.2. The van der Waals surface area contributed by atoms with Crippen molar-refractivity contribution in [2.75, 3.05) is 19.6 Å². The van der Waals surface area contributed by atoms with Crippen LogP contribution in [0.25, 0.3) is 0 Å². The smallest absolute Gasteiger partial charge is 0.257 e. The molecule has 0 aliphatic carbocycles. The van der Waals surface area contributed by atoms with Gasteiger partial charge in [0, 0.05) is 38.2 Å². The summed E-state index contributed by atoms with van der Waals surface area (Å²) in [5.74, 6) is 0.557. The molecule has 1 aromatic heterocycles. The normalized spacial score (nSPS) is 18.1. The molecule has 2 aromatic rings. The Kier molecular flexibility index (Phi) is 4.84. The minimum absolute atomic E-state index is 0.0308. The number of likely N-dealkylation sites (tertiary alicyclic amines) is 1. The van der Waals surface area contributed by atoms with E-state index in [9.17, 15) is 9.59 Å². The Labute approximate surface area is 171 Å². The molecule has 0 saturated carbocycles. The van der Waals surface area contributed by atoms with Crippen LogP contribution < -0.4 is 10.1 Å². The van der Waals surface area contributed by atoms with Gasteiger partial charge in [-0.2, -0.15) is 5.10 Å². The quantitative estimate of drug-likeness (QED) is 0.847. The molecule has 4 rings (SSSR count). The minimum atomic E-state index is -0.482. The lowest BCUT2D eigenvalue weighted by Crippen LogP contribution is -2.54. The summed E-state index contributed by atoms with van der Waals surface area (Å²) in [6.45, 7) is 10.2. The maximum Gasteiger partial charge on any atom is 0.257 e. The number of benzene rings is 1. The van der Waals surface area contributed by atoms with Crippen LogP contribution in [-0.4, -0.2) is 51.7 Å². The van der Waals surface area contributed by atoms with E-state index in [0.717, 1.165) is 23.5 Å². The second-order valence-corrected chi connectivity index (χ2v) is 8.12. The highest BCUT2D eigenvalue weighted by Gasteiger charge is 2.41. The Balaban J connectivity index is 1.52. The zero-order valence-electron chi connectivity index (χ0n) is 17.5. The molecule has 1 aromatic carbocycles. The number of amides is 2. The molecule has 0 radical (unpaired) electrons. The molecule has 1 saturated heterocycles. The molecule has 1 fully saturated rings. The molecule has 1 N–H and O–H groups in total. The summed E-state index contributed by atoms with van der Waals surface area (Å²) in [4.78, 5) is 27.5. The van der Waals surface area contributed by atoms with Gasteiger partial charge in [0.05, 0.1) is 23.4 Å². The number of ether oxygens (including phenoxy) is 1. The fraction of sp³-hybridized carbons (Fsp3) is 0.500. The zero-order chi connectivity index (χ0) is 20.8. The van der Waals surface area contributed by atoms with Crippen LogP contribution in [0.1, 0.15) is 57.4 Å². The van der Waals surface area contributed by atoms with Crippen LogP contribution >= 0.6 is 0 Å². The summed E-state index contributed by atoms with van der Waals surface area (Å²) in [7, 11) is 0. The van der Waals surface area contributed by atoms with Crippen LogP contribution in [0.15, 0.2) is 18.2 Å². The highest BCUT2D eigenvalue weighted by molar-refractivity contribution is 5.98. The van der Waals surface area contributed by atoms with Crippen molar-refractivity contribution in [1.82, 2.24) is 20.0 Å². The van der Waals surface area contributed by atoms with Gasteiger partial charge >= 0.3 is 0 Å². The summed E-state index contributed by atoms with van der Waals surface area (Å²) in [5, 5.41) is 7.49. The van der Waals surface area contributed by atoms with Gasteiger partial charge < -0.3 is 15.0 Å². The molecule has 154 valence electrons. The average molecular weight is 396 g/mol. The third-order valence-electron chi connectivity index (χ3n) is 6.13. The first-order valence-electron chi connectivity index (χ1n) is 10.2. The van der Waals surface area contributed by atoms with E-state index < -0.39 is 5.60 Å². The molecule has 29 heavy (non-hydrogen) atoms. The van der Waals surface area contributed by atoms with Gasteiger partial charge in [-0.1, -0.05) is 11.6 Å². The van der Waals surface area contributed by atoms with Crippen LogP contribution in [0.2, 0.25) is 0 Å². The number of nitrogens with one attached hydrogen (secondary N) is 1.